The summed E-state index contributed by atoms with van der Waals surface area (Å²) in [5.41, 5.74) is 1.22. The number of carbonyl (C=O) groups excluding carboxylic acids is 1. The van der Waals surface area contributed by atoms with Crippen LogP contribution in [-0.2, 0) is 11.3 Å². The normalized spacial score (nSPS) is 17.0. The van der Waals surface area contributed by atoms with Crippen molar-refractivity contribution in [1.29, 1.82) is 0 Å². The van der Waals surface area contributed by atoms with E-state index in [1.807, 2.05) is 11.8 Å². The fraction of sp³-hybridized carbons (Fsp3) is 0.562. The minimum Gasteiger partial charge on any atom is -0.341 e. The summed E-state index contributed by atoms with van der Waals surface area (Å²) < 4.78 is 0. The lowest BCUT2D eigenvalue weighted by Gasteiger charge is -2.29. The fourth-order valence-electron chi connectivity index (χ4n) is 2.49. The number of hydrogen-bond donors (Lipinski definition) is 1. The molecule has 1 heterocycles. The van der Waals surface area contributed by atoms with Crippen LogP contribution < -0.4 is 5.32 Å². The van der Waals surface area contributed by atoms with Gasteiger partial charge in [-0.2, -0.15) is 0 Å². The summed E-state index contributed by atoms with van der Waals surface area (Å²) >= 11 is 1.74. The topological polar surface area (TPSA) is 32.3 Å². The zero-order valence-corrected chi connectivity index (χ0v) is 13.2. The number of hydrogen-bond acceptors (Lipinski definition) is 3. The molecule has 1 fully saturated rings. The van der Waals surface area contributed by atoms with Crippen LogP contribution in [0.1, 0.15) is 31.7 Å². The third-order valence-electron chi connectivity index (χ3n) is 3.81. The summed E-state index contributed by atoms with van der Waals surface area (Å²) in [5, 5.41) is 3.34. The zero-order valence-electron chi connectivity index (χ0n) is 12.4. The molecule has 3 nitrogen and oxygen atoms in total. The standard InChI is InChI=1S/C16H24N2OS/c1-13(16(19)18-10-4-3-5-11-18)17-12-14-6-8-15(20-2)9-7-14/h6-9,13,17H,3-5,10-12H2,1-2H3. The van der Waals surface area contributed by atoms with E-state index in [1.54, 1.807) is 11.8 Å². The molecule has 0 spiro atoms. The Kier molecular flexibility index (Phi) is 5.92. The van der Waals surface area contributed by atoms with Crippen molar-refractivity contribution in [3.63, 3.8) is 0 Å². The fourth-order valence-corrected chi connectivity index (χ4v) is 2.90. The quantitative estimate of drug-likeness (QED) is 0.847. The number of nitrogens with zero attached hydrogens (tertiary/aromatic N) is 1. The van der Waals surface area contributed by atoms with Crippen molar-refractivity contribution in [2.45, 2.75) is 43.7 Å². The van der Waals surface area contributed by atoms with Crippen LogP contribution in [0.5, 0.6) is 0 Å². The van der Waals surface area contributed by atoms with E-state index in [0.29, 0.717) is 0 Å². The Hall–Kier alpha value is -1.00. The zero-order chi connectivity index (χ0) is 14.4. The lowest BCUT2D eigenvalue weighted by molar-refractivity contribution is -0.133. The van der Waals surface area contributed by atoms with Gasteiger partial charge in [0.2, 0.25) is 5.91 Å². The average Bonchev–Trinajstić information content (AvgIpc) is 2.53. The highest BCUT2D eigenvalue weighted by molar-refractivity contribution is 7.98. The van der Waals surface area contributed by atoms with Gasteiger partial charge in [0.15, 0.2) is 0 Å². The Labute approximate surface area is 126 Å². The smallest absolute Gasteiger partial charge is 0.239 e. The molecular formula is C16H24N2OS. The Balaban J connectivity index is 1.81. The summed E-state index contributed by atoms with van der Waals surface area (Å²) in [4.78, 5) is 15.5. The summed E-state index contributed by atoms with van der Waals surface area (Å²) in [6.45, 7) is 4.56. The molecule has 0 aromatic heterocycles. The second-order valence-corrected chi connectivity index (χ2v) is 6.22. The lowest BCUT2D eigenvalue weighted by atomic mass is 10.1. The van der Waals surface area contributed by atoms with Crippen LogP contribution in [0, 0.1) is 0 Å². The minimum atomic E-state index is -0.103. The molecule has 0 radical (unpaired) electrons. The van der Waals surface area contributed by atoms with E-state index in [4.69, 9.17) is 0 Å². The largest absolute Gasteiger partial charge is 0.341 e. The van der Waals surface area contributed by atoms with E-state index in [9.17, 15) is 4.79 Å². The van der Waals surface area contributed by atoms with Gasteiger partial charge in [0.1, 0.15) is 0 Å². The van der Waals surface area contributed by atoms with Crippen molar-refractivity contribution < 1.29 is 4.79 Å². The Morgan fingerprint density at radius 1 is 1.25 bits per heavy atom. The van der Waals surface area contributed by atoms with Crippen LogP contribution >= 0.6 is 11.8 Å². The molecule has 0 bridgehead atoms. The predicted molar refractivity (Wildman–Crippen MR) is 85.0 cm³/mol. The third kappa shape index (κ3) is 4.25. The minimum absolute atomic E-state index is 0.103. The Morgan fingerprint density at radius 2 is 1.90 bits per heavy atom. The summed E-state index contributed by atoms with van der Waals surface area (Å²) in [6, 6.07) is 8.39. The van der Waals surface area contributed by atoms with E-state index < -0.39 is 0 Å². The molecule has 1 N–H and O–H groups in total. The Bertz CT molecular complexity index is 427. The number of thioether (sulfide) groups is 1. The second kappa shape index (κ2) is 7.70. The van der Waals surface area contributed by atoms with Gasteiger partial charge in [-0.25, -0.2) is 0 Å². The summed E-state index contributed by atoms with van der Waals surface area (Å²) in [7, 11) is 0. The molecule has 1 aromatic rings. The lowest BCUT2D eigenvalue weighted by Crippen LogP contribution is -2.46. The first-order chi connectivity index (χ1) is 9.70. The molecule has 4 heteroatoms. The molecule has 1 saturated heterocycles. The van der Waals surface area contributed by atoms with E-state index in [1.165, 1.54) is 16.9 Å². The van der Waals surface area contributed by atoms with Gasteiger partial charge in [-0.3, -0.25) is 4.79 Å². The van der Waals surface area contributed by atoms with Crippen LogP contribution in [0.15, 0.2) is 29.2 Å². The van der Waals surface area contributed by atoms with Gasteiger partial charge in [0, 0.05) is 24.5 Å². The van der Waals surface area contributed by atoms with E-state index in [2.05, 4.69) is 35.8 Å². The van der Waals surface area contributed by atoms with E-state index >= 15 is 0 Å². The molecule has 110 valence electrons. The molecule has 1 aliphatic rings. The molecule has 20 heavy (non-hydrogen) atoms. The molecule has 1 unspecified atom stereocenters. The maximum Gasteiger partial charge on any atom is 0.239 e. The molecule has 2 rings (SSSR count). The first kappa shape index (κ1) is 15.4. The monoisotopic (exact) mass is 292 g/mol. The highest BCUT2D eigenvalue weighted by Crippen LogP contribution is 2.15. The highest BCUT2D eigenvalue weighted by atomic mass is 32.2. The first-order valence-electron chi connectivity index (χ1n) is 7.36. The molecule has 1 aliphatic heterocycles. The molecule has 1 aromatic carbocycles. The molecule has 1 amide bonds. The van der Waals surface area contributed by atoms with Crippen LogP contribution in [0.2, 0.25) is 0 Å². The van der Waals surface area contributed by atoms with Crippen molar-refractivity contribution in [3.05, 3.63) is 29.8 Å². The van der Waals surface area contributed by atoms with Gasteiger partial charge in [-0.15, -0.1) is 11.8 Å². The van der Waals surface area contributed by atoms with E-state index in [-0.39, 0.29) is 11.9 Å². The van der Waals surface area contributed by atoms with Crippen molar-refractivity contribution in [1.82, 2.24) is 10.2 Å². The second-order valence-electron chi connectivity index (χ2n) is 5.34. The van der Waals surface area contributed by atoms with Crippen LogP contribution in [0.3, 0.4) is 0 Å². The predicted octanol–water partition coefficient (Wildman–Crippen LogP) is 2.90. The molecule has 0 aliphatic carbocycles. The van der Waals surface area contributed by atoms with Crippen LogP contribution in [0.25, 0.3) is 0 Å². The third-order valence-corrected chi connectivity index (χ3v) is 4.55. The molecule has 1 atom stereocenters. The van der Waals surface area contributed by atoms with Crippen molar-refractivity contribution >= 4 is 17.7 Å². The van der Waals surface area contributed by atoms with Crippen molar-refractivity contribution in [2.24, 2.45) is 0 Å². The van der Waals surface area contributed by atoms with Gasteiger partial charge in [-0.1, -0.05) is 12.1 Å². The van der Waals surface area contributed by atoms with Crippen LogP contribution in [0.4, 0.5) is 0 Å². The maximum atomic E-state index is 12.3. The number of piperidine rings is 1. The van der Waals surface area contributed by atoms with Crippen molar-refractivity contribution in [3.8, 4) is 0 Å². The number of likely N-dealkylation sites (tertiary alicyclic amines) is 1. The molecule has 0 saturated carbocycles. The van der Waals surface area contributed by atoms with Gasteiger partial charge in [0.25, 0.3) is 0 Å². The highest BCUT2D eigenvalue weighted by Gasteiger charge is 2.21. The van der Waals surface area contributed by atoms with Gasteiger partial charge < -0.3 is 10.2 Å². The number of carbonyl (C=O) groups is 1. The number of nitrogens with one attached hydrogen (secondary N) is 1. The number of rotatable bonds is 5. The summed E-state index contributed by atoms with van der Waals surface area (Å²) in [5.74, 6) is 0.241. The van der Waals surface area contributed by atoms with Crippen LogP contribution in [-0.4, -0.2) is 36.2 Å². The van der Waals surface area contributed by atoms with Gasteiger partial charge >= 0.3 is 0 Å². The van der Waals surface area contributed by atoms with Gasteiger partial charge in [0.05, 0.1) is 6.04 Å². The SMILES string of the molecule is CSc1ccc(CNC(C)C(=O)N2CCCCC2)cc1. The maximum absolute atomic E-state index is 12.3. The van der Waals surface area contributed by atoms with Gasteiger partial charge in [-0.05, 0) is 50.1 Å². The molecular weight excluding hydrogens is 268 g/mol. The van der Waals surface area contributed by atoms with E-state index in [0.717, 1.165) is 32.5 Å². The summed E-state index contributed by atoms with van der Waals surface area (Å²) in [6.07, 6.45) is 5.63. The average molecular weight is 292 g/mol. The van der Waals surface area contributed by atoms with Crippen molar-refractivity contribution in [2.75, 3.05) is 19.3 Å². The number of benzene rings is 1. The number of amides is 1. The Morgan fingerprint density at radius 3 is 2.50 bits per heavy atom. The first-order valence-corrected chi connectivity index (χ1v) is 8.58.